The summed E-state index contributed by atoms with van der Waals surface area (Å²) in [6, 6.07) is 13.7. The van der Waals surface area contributed by atoms with Crippen LogP contribution in [-0.2, 0) is 11.3 Å². The molecule has 9 heteroatoms. The number of benzene rings is 2. The van der Waals surface area contributed by atoms with E-state index in [4.69, 9.17) is 4.74 Å². The van der Waals surface area contributed by atoms with Crippen LogP contribution in [0.1, 0.15) is 28.6 Å². The molecule has 8 nitrogen and oxygen atoms in total. The van der Waals surface area contributed by atoms with Crippen molar-refractivity contribution in [2.24, 2.45) is 0 Å². The van der Waals surface area contributed by atoms with E-state index in [2.05, 4.69) is 25.4 Å². The molecule has 1 N–H and O–H groups in total. The van der Waals surface area contributed by atoms with Crippen LogP contribution in [-0.4, -0.2) is 56.4 Å². The second-order valence-corrected chi connectivity index (χ2v) is 7.97. The van der Waals surface area contributed by atoms with Crippen molar-refractivity contribution in [3.63, 3.8) is 0 Å². The molecule has 164 valence electrons. The summed E-state index contributed by atoms with van der Waals surface area (Å²) in [7, 11) is 0. The largest absolute Gasteiger partial charge is 0.379 e. The summed E-state index contributed by atoms with van der Waals surface area (Å²) in [6.45, 7) is 4.79. The first-order valence-electron chi connectivity index (χ1n) is 10.5. The van der Waals surface area contributed by atoms with Crippen LogP contribution in [0.3, 0.4) is 0 Å². The molecule has 0 bridgehead atoms. The Labute approximate surface area is 183 Å². The van der Waals surface area contributed by atoms with Crippen molar-refractivity contribution < 1.29 is 9.13 Å². The van der Waals surface area contributed by atoms with E-state index in [0.717, 1.165) is 22.0 Å². The van der Waals surface area contributed by atoms with Crippen molar-refractivity contribution in [1.82, 2.24) is 30.1 Å². The summed E-state index contributed by atoms with van der Waals surface area (Å²) in [6.07, 6.45) is 0. The fourth-order valence-corrected chi connectivity index (χ4v) is 4.22. The Morgan fingerprint density at radius 1 is 1.16 bits per heavy atom. The molecule has 1 fully saturated rings. The van der Waals surface area contributed by atoms with E-state index >= 15 is 0 Å². The molecule has 5 rings (SSSR count). The highest BCUT2D eigenvalue weighted by molar-refractivity contribution is 5.82. The topological polar surface area (TPSA) is 88.9 Å². The Morgan fingerprint density at radius 2 is 1.94 bits per heavy atom. The van der Waals surface area contributed by atoms with Crippen LogP contribution in [0.15, 0.2) is 53.3 Å². The van der Waals surface area contributed by atoms with E-state index in [0.29, 0.717) is 44.2 Å². The predicted molar refractivity (Wildman–Crippen MR) is 117 cm³/mol. The van der Waals surface area contributed by atoms with Gasteiger partial charge in [-0.05, 0) is 52.1 Å². The van der Waals surface area contributed by atoms with E-state index in [1.54, 1.807) is 16.8 Å². The standard InChI is InChI=1S/C23H23FN6O2/c1-15-3-2-4-17-13-19(23(31)25-20(15)17)21(29-9-11-32-12-10-29)22-26-27-28-30(22)14-16-5-7-18(24)8-6-16/h2-8,13,21H,9-12,14H2,1H3,(H,25,31)/t21-/m0/s1. The van der Waals surface area contributed by atoms with Gasteiger partial charge in [-0.25, -0.2) is 9.07 Å². The van der Waals surface area contributed by atoms with Gasteiger partial charge >= 0.3 is 0 Å². The van der Waals surface area contributed by atoms with Crippen LogP contribution in [0.25, 0.3) is 10.9 Å². The number of nitrogens with one attached hydrogen (secondary N) is 1. The molecule has 3 heterocycles. The Balaban J connectivity index is 1.61. The van der Waals surface area contributed by atoms with Crippen LogP contribution in [0, 0.1) is 12.7 Å². The summed E-state index contributed by atoms with van der Waals surface area (Å²) in [5, 5.41) is 13.3. The third kappa shape index (κ3) is 3.92. The average molecular weight is 434 g/mol. The molecule has 2 aromatic heterocycles. The van der Waals surface area contributed by atoms with E-state index in [1.165, 1.54) is 12.1 Å². The van der Waals surface area contributed by atoms with Gasteiger partial charge in [0.25, 0.3) is 5.56 Å². The Kier molecular flexibility index (Phi) is 5.50. The summed E-state index contributed by atoms with van der Waals surface area (Å²) >= 11 is 0. The number of tetrazole rings is 1. The molecule has 4 aromatic rings. The molecule has 1 atom stereocenters. The number of hydrogen-bond donors (Lipinski definition) is 1. The zero-order valence-corrected chi connectivity index (χ0v) is 17.7. The lowest BCUT2D eigenvalue weighted by molar-refractivity contribution is 0.0214. The monoisotopic (exact) mass is 434 g/mol. The molecule has 0 saturated carbocycles. The highest BCUT2D eigenvalue weighted by atomic mass is 19.1. The summed E-state index contributed by atoms with van der Waals surface area (Å²) in [5.74, 6) is 0.267. The molecular weight excluding hydrogens is 411 g/mol. The molecule has 1 aliphatic rings. The second-order valence-electron chi connectivity index (χ2n) is 7.97. The molecule has 1 saturated heterocycles. The summed E-state index contributed by atoms with van der Waals surface area (Å²) in [4.78, 5) is 18.5. The van der Waals surface area contributed by atoms with Crippen molar-refractivity contribution in [3.05, 3.63) is 87.2 Å². The van der Waals surface area contributed by atoms with Gasteiger partial charge in [-0.3, -0.25) is 9.69 Å². The summed E-state index contributed by atoms with van der Waals surface area (Å²) < 4.78 is 20.5. The maximum Gasteiger partial charge on any atom is 0.253 e. The van der Waals surface area contributed by atoms with Crippen LogP contribution < -0.4 is 5.56 Å². The number of fused-ring (bicyclic) bond motifs is 1. The van der Waals surface area contributed by atoms with Crippen molar-refractivity contribution in [3.8, 4) is 0 Å². The van der Waals surface area contributed by atoms with Crippen LogP contribution in [0.2, 0.25) is 0 Å². The van der Waals surface area contributed by atoms with E-state index in [1.807, 2.05) is 31.2 Å². The number of halogens is 1. The molecule has 0 aliphatic carbocycles. The highest BCUT2D eigenvalue weighted by Crippen LogP contribution is 2.28. The number of nitrogens with zero attached hydrogens (tertiary/aromatic N) is 5. The Morgan fingerprint density at radius 3 is 2.72 bits per heavy atom. The number of morpholine rings is 1. The average Bonchev–Trinajstić information content (AvgIpc) is 3.25. The first-order valence-corrected chi connectivity index (χ1v) is 10.5. The van der Waals surface area contributed by atoms with E-state index in [9.17, 15) is 9.18 Å². The van der Waals surface area contributed by atoms with Gasteiger partial charge < -0.3 is 9.72 Å². The van der Waals surface area contributed by atoms with Crippen molar-refractivity contribution >= 4 is 10.9 Å². The fraction of sp³-hybridized carbons (Fsp3) is 0.304. The molecule has 0 unspecified atom stereocenters. The van der Waals surface area contributed by atoms with Gasteiger partial charge in [0.15, 0.2) is 5.82 Å². The number of pyridine rings is 1. The second kappa shape index (κ2) is 8.60. The lowest BCUT2D eigenvalue weighted by Crippen LogP contribution is -2.42. The van der Waals surface area contributed by atoms with Crippen LogP contribution in [0.5, 0.6) is 0 Å². The van der Waals surface area contributed by atoms with Gasteiger partial charge in [0, 0.05) is 18.7 Å². The minimum atomic E-state index is -0.442. The van der Waals surface area contributed by atoms with Crippen molar-refractivity contribution in [1.29, 1.82) is 0 Å². The zero-order chi connectivity index (χ0) is 22.1. The van der Waals surface area contributed by atoms with Gasteiger partial charge in [0.1, 0.15) is 11.9 Å². The number of H-pyrrole nitrogens is 1. The Bertz CT molecular complexity index is 1290. The predicted octanol–water partition coefficient (Wildman–Crippen LogP) is 2.43. The van der Waals surface area contributed by atoms with Gasteiger partial charge in [-0.15, -0.1) is 5.10 Å². The Hall–Kier alpha value is -3.43. The minimum Gasteiger partial charge on any atom is -0.379 e. The third-order valence-electron chi connectivity index (χ3n) is 5.87. The molecule has 2 aromatic carbocycles. The number of aryl methyl sites for hydroxylation is 1. The van der Waals surface area contributed by atoms with E-state index < -0.39 is 6.04 Å². The normalized spacial score (nSPS) is 15.8. The number of hydrogen-bond acceptors (Lipinski definition) is 6. The molecule has 0 spiro atoms. The molecule has 0 radical (unpaired) electrons. The quantitative estimate of drug-likeness (QED) is 0.519. The SMILES string of the molecule is Cc1cccc2cc([C@@H](c3nnnn3Cc3ccc(F)cc3)N3CCOCC3)c(=O)[nH]c12. The smallest absolute Gasteiger partial charge is 0.253 e. The number of ether oxygens (including phenoxy) is 1. The minimum absolute atomic E-state index is 0.167. The number of aromatic amines is 1. The lowest BCUT2D eigenvalue weighted by Gasteiger charge is -2.33. The first kappa shape index (κ1) is 20.5. The third-order valence-corrected chi connectivity index (χ3v) is 5.87. The van der Waals surface area contributed by atoms with Gasteiger partial charge in [0.2, 0.25) is 0 Å². The van der Waals surface area contributed by atoms with Crippen LogP contribution in [0.4, 0.5) is 4.39 Å². The van der Waals surface area contributed by atoms with Gasteiger partial charge in [-0.2, -0.15) is 0 Å². The van der Waals surface area contributed by atoms with Gasteiger partial charge in [-0.1, -0.05) is 30.3 Å². The zero-order valence-electron chi connectivity index (χ0n) is 17.7. The van der Waals surface area contributed by atoms with Crippen molar-refractivity contribution in [2.45, 2.75) is 19.5 Å². The molecule has 0 amide bonds. The lowest BCUT2D eigenvalue weighted by atomic mass is 10.0. The molecule has 32 heavy (non-hydrogen) atoms. The first-order chi connectivity index (χ1) is 15.6. The molecular formula is C23H23FN6O2. The highest BCUT2D eigenvalue weighted by Gasteiger charge is 2.31. The van der Waals surface area contributed by atoms with Crippen molar-refractivity contribution in [2.75, 3.05) is 26.3 Å². The number of para-hydroxylation sites is 1. The number of rotatable bonds is 5. The molecule has 1 aliphatic heterocycles. The maximum absolute atomic E-state index is 13.3. The fourth-order valence-electron chi connectivity index (χ4n) is 4.22. The van der Waals surface area contributed by atoms with Crippen LogP contribution >= 0.6 is 0 Å². The number of aromatic nitrogens is 5. The van der Waals surface area contributed by atoms with E-state index in [-0.39, 0.29) is 11.4 Å². The van der Waals surface area contributed by atoms with Gasteiger partial charge in [0.05, 0.1) is 25.3 Å². The summed E-state index contributed by atoms with van der Waals surface area (Å²) in [5.41, 5.74) is 3.12. The maximum atomic E-state index is 13.3.